The predicted molar refractivity (Wildman–Crippen MR) is 73.9 cm³/mol. The molecule has 0 heterocycles. The SMILES string of the molecule is CCCC(CC)NCc1cc(Cl)ccc1[N+](=O)[O-]. The summed E-state index contributed by atoms with van der Waals surface area (Å²) in [7, 11) is 0. The largest absolute Gasteiger partial charge is 0.310 e. The van der Waals surface area contributed by atoms with E-state index in [2.05, 4.69) is 19.2 Å². The summed E-state index contributed by atoms with van der Waals surface area (Å²) in [5, 5.41) is 14.8. The van der Waals surface area contributed by atoms with E-state index < -0.39 is 0 Å². The van der Waals surface area contributed by atoms with E-state index in [9.17, 15) is 10.1 Å². The van der Waals surface area contributed by atoms with Gasteiger partial charge in [0, 0.05) is 29.2 Å². The molecule has 18 heavy (non-hydrogen) atoms. The summed E-state index contributed by atoms with van der Waals surface area (Å²) in [5.41, 5.74) is 0.764. The van der Waals surface area contributed by atoms with Crippen LogP contribution in [-0.4, -0.2) is 11.0 Å². The number of halogens is 1. The van der Waals surface area contributed by atoms with Gasteiger partial charge in [-0.15, -0.1) is 0 Å². The zero-order chi connectivity index (χ0) is 13.5. The first kappa shape index (κ1) is 14.9. The second-order valence-electron chi connectivity index (χ2n) is 4.30. The normalized spacial score (nSPS) is 12.4. The third kappa shape index (κ3) is 4.27. The Balaban J connectivity index is 2.76. The minimum absolute atomic E-state index is 0.123. The number of hydrogen-bond donors (Lipinski definition) is 1. The Morgan fingerprint density at radius 3 is 2.72 bits per heavy atom. The average Bonchev–Trinajstić information content (AvgIpc) is 2.34. The second-order valence-corrected chi connectivity index (χ2v) is 4.74. The zero-order valence-corrected chi connectivity index (χ0v) is 11.5. The number of benzene rings is 1. The van der Waals surface area contributed by atoms with E-state index in [1.807, 2.05) is 0 Å². The third-order valence-electron chi connectivity index (χ3n) is 2.95. The summed E-state index contributed by atoms with van der Waals surface area (Å²) in [6.07, 6.45) is 3.19. The van der Waals surface area contributed by atoms with Crippen LogP contribution in [0, 0.1) is 10.1 Å². The maximum atomic E-state index is 10.9. The smallest absolute Gasteiger partial charge is 0.273 e. The lowest BCUT2D eigenvalue weighted by Gasteiger charge is -2.16. The van der Waals surface area contributed by atoms with Crippen LogP contribution in [0.15, 0.2) is 18.2 Å². The summed E-state index contributed by atoms with van der Waals surface area (Å²) >= 11 is 5.88. The van der Waals surface area contributed by atoms with Gasteiger partial charge in [0.25, 0.3) is 5.69 Å². The molecule has 0 saturated heterocycles. The van der Waals surface area contributed by atoms with E-state index in [1.165, 1.54) is 6.07 Å². The van der Waals surface area contributed by atoms with E-state index in [-0.39, 0.29) is 10.6 Å². The van der Waals surface area contributed by atoms with Crippen molar-refractivity contribution in [2.45, 2.75) is 45.7 Å². The van der Waals surface area contributed by atoms with Crippen LogP contribution in [0.4, 0.5) is 5.69 Å². The summed E-state index contributed by atoms with van der Waals surface area (Å²) in [5.74, 6) is 0. The van der Waals surface area contributed by atoms with Gasteiger partial charge in [0.2, 0.25) is 0 Å². The molecular formula is C13H19ClN2O2. The summed E-state index contributed by atoms with van der Waals surface area (Å²) in [4.78, 5) is 10.5. The minimum atomic E-state index is -0.367. The van der Waals surface area contributed by atoms with Crippen LogP contribution in [0.1, 0.15) is 38.7 Å². The Hall–Kier alpha value is -1.13. The molecule has 0 aliphatic rings. The van der Waals surface area contributed by atoms with Crippen LogP contribution in [0.2, 0.25) is 5.02 Å². The molecule has 1 aromatic rings. The molecule has 4 nitrogen and oxygen atoms in total. The fraction of sp³-hybridized carbons (Fsp3) is 0.538. The van der Waals surface area contributed by atoms with E-state index in [1.54, 1.807) is 12.1 Å². The maximum absolute atomic E-state index is 10.9. The molecule has 0 saturated carbocycles. The van der Waals surface area contributed by atoms with Crippen molar-refractivity contribution in [3.05, 3.63) is 38.9 Å². The van der Waals surface area contributed by atoms with Crippen LogP contribution < -0.4 is 5.32 Å². The summed E-state index contributed by atoms with van der Waals surface area (Å²) in [6, 6.07) is 5.06. The number of hydrogen-bond acceptors (Lipinski definition) is 3. The van der Waals surface area contributed by atoms with Crippen molar-refractivity contribution in [2.24, 2.45) is 0 Å². The third-order valence-corrected chi connectivity index (χ3v) is 3.18. The lowest BCUT2D eigenvalue weighted by Crippen LogP contribution is -2.27. The number of nitro benzene ring substituents is 1. The van der Waals surface area contributed by atoms with Gasteiger partial charge >= 0.3 is 0 Å². The highest BCUT2D eigenvalue weighted by atomic mass is 35.5. The molecule has 0 aliphatic heterocycles. The molecule has 5 heteroatoms. The van der Waals surface area contributed by atoms with Gasteiger partial charge in [0.1, 0.15) is 0 Å². The molecule has 1 N–H and O–H groups in total. The van der Waals surface area contributed by atoms with Gasteiger partial charge < -0.3 is 5.32 Å². The molecule has 0 bridgehead atoms. The molecule has 0 spiro atoms. The van der Waals surface area contributed by atoms with Gasteiger partial charge in [0.05, 0.1) is 4.92 Å². The Kier molecular flexibility index (Phi) is 6.09. The van der Waals surface area contributed by atoms with Crippen LogP contribution in [0.5, 0.6) is 0 Å². The van der Waals surface area contributed by atoms with E-state index in [0.717, 1.165) is 19.3 Å². The average molecular weight is 271 g/mol. The minimum Gasteiger partial charge on any atom is -0.310 e. The van der Waals surface area contributed by atoms with Crippen molar-refractivity contribution in [2.75, 3.05) is 0 Å². The number of rotatable bonds is 7. The molecule has 100 valence electrons. The van der Waals surface area contributed by atoms with Crippen molar-refractivity contribution in [1.29, 1.82) is 0 Å². The van der Waals surface area contributed by atoms with Crippen LogP contribution in [0.3, 0.4) is 0 Å². The van der Waals surface area contributed by atoms with Gasteiger partial charge in [0.15, 0.2) is 0 Å². The highest BCUT2D eigenvalue weighted by Crippen LogP contribution is 2.22. The van der Waals surface area contributed by atoms with Crippen LogP contribution in [0.25, 0.3) is 0 Å². The van der Waals surface area contributed by atoms with Gasteiger partial charge in [-0.05, 0) is 25.0 Å². The van der Waals surface area contributed by atoms with Crippen molar-refractivity contribution in [3.63, 3.8) is 0 Å². The highest BCUT2D eigenvalue weighted by Gasteiger charge is 2.14. The highest BCUT2D eigenvalue weighted by molar-refractivity contribution is 6.30. The van der Waals surface area contributed by atoms with Crippen molar-refractivity contribution in [1.82, 2.24) is 5.32 Å². The number of nitro groups is 1. The molecule has 1 atom stereocenters. The topological polar surface area (TPSA) is 55.2 Å². The monoisotopic (exact) mass is 270 g/mol. The first-order chi connectivity index (χ1) is 8.58. The van der Waals surface area contributed by atoms with Gasteiger partial charge in [-0.25, -0.2) is 0 Å². The van der Waals surface area contributed by atoms with E-state index in [0.29, 0.717) is 23.2 Å². The fourth-order valence-corrected chi connectivity index (χ4v) is 2.12. The molecular weight excluding hydrogens is 252 g/mol. The van der Waals surface area contributed by atoms with Crippen molar-refractivity contribution < 1.29 is 4.92 Å². The Morgan fingerprint density at radius 1 is 1.44 bits per heavy atom. The molecule has 0 aliphatic carbocycles. The lowest BCUT2D eigenvalue weighted by molar-refractivity contribution is -0.385. The first-order valence-corrected chi connectivity index (χ1v) is 6.62. The molecule has 0 amide bonds. The standard InChI is InChI=1S/C13H19ClN2O2/c1-3-5-12(4-2)15-9-10-8-11(14)6-7-13(10)16(17)18/h6-8,12,15H,3-5,9H2,1-2H3. The number of nitrogens with zero attached hydrogens (tertiary/aromatic N) is 1. The summed E-state index contributed by atoms with van der Waals surface area (Å²) in [6.45, 7) is 4.72. The van der Waals surface area contributed by atoms with E-state index >= 15 is 0 Å². The first-order valence-electron chi connectivity index (χ1n) is 6.24. The van der Waals surface area contributed by atoms with Crippen LogP contribution >= 0.6 is 11.6 Å². The van der Waals surface area contributed by atoms with Gasteiger partial charge in [-0.3, -0.25) is 10.1 Å². The predicted octanol–water partition coefficient (Wildman–Crippen LogP) is 3.92. The lowest BCUT2D eigenvalue weighted by atomic mass is 10.1. The molecule has 0 fully saturated rings. The molecule has 1 aromatic carbocycles. The van der Waals surface area contributed by atoms with Gasteiger partial charge in [-0.2, -0.15) is 0 Å². The van der Waals surface area contributed by atoms with Gasteiger partial charge in [-0.1, -0.05) is 31.9 Å². The van der Waals surface area contributed by atoms with Crippen LogP contribution in [-0.2, 0) is 6.54 Å². The Bertz CT molecular complexity index is 410. The quantitative estimate of drug-likeness (QED) is 0.603. The fourth-order valence-electron chi connectivity index (χ4n) is 1.93. The van der Waals surface area contributed by atoms with E-state index in [4.69, 9.17) is 11.6 Å². The molecule has 1 rings (SSSR count). The Morgan fingerprint density at radius 2 is 2.17 bits per heavy atom. The van der Waals surface area contributed by atoms with Crippen molar-refractivity contribution >= 4 is 17.3 Å². The molecule has 0 aromatic heterocycles. The zero-order valence-electron chi connectivity index (χ0n) is 10.8. The molecule has 0 radical (unpaired) electrons. The maximum Gasteiger partial charge on any atom is 0.273 e. The molecule has 1 unspecified atom stereocenters. The Labute approximate surface area is 112 Å². The summed E-state index contributed by atoms with van der Waals surface area (Å²) < 4.78 is 0. The van der Waals surface area contributed by atoms with Crippen molar-refractivity contribution in [3.8, 4) is 0 Å². The second kappa shape index (κ2) is 7.34. The number of nitrogens with one attached hydrogen (secondary N) is 1.